The minimum absolute atomic E-state index is 0.0433. The topological polar surface area (TPSA) is 46.6 Å². The van der Waals surface area contributed by atoms with E-state index in [9.17, 15) is 9.59 Å². The van der Waals surface area contributed by atoms with Crippen LogP contribution in [0.1, 0.15) is 13.8 Å². The fourth-order valence-corrected chi connectivity index (χ4v) is 0.863. The molecule has 0 atom stereocenters. The highest BCUT2D eigenvalue weighted by Gasteiger charge is 2.07. The van der Waals surface area contributed by atoms with E-state index < -0.39 is 0 Å². The zero-order chi connectivity index (χ0) is 9.56. The molecule has 0 aromatic heterocycles. The van der Waals surface area contributed by atoms with Crippen LogP contribution in [0.15, 0.2) is 0 Å². The van der Waals surface area contributed by atoms with Gasteiger partial charge < -0.3 is 4.74 Å². The summed E-state index contributed by atoms with van der Waals surface area (Å²) in [6.45, 7) is 4.09. The Morgan fingerprint density at radius 2 is 1.92 bits per heavy atom. The summed E-state index contributed by atoms with van der Waals surface area (Å²) >= 11 is 0. The van der Waals surface area contributed by atoms with Crippen molar-refractivity contribution in [2.24, 2.45) is 0 Å². The SMILES string of the molecule is CCOC(=O)CN(C)CC(C)=O. The van der Waals surface area contributed by atoms with Gasteiger partial charge in [-0.2, -0.15) is 0 Å². The minimum Gasteiger partial charge on any atom is -0.465 e. The third-order valence-corrected chi connectivity index (χ3v) is 1.20. The van der Waals surface area contributed by atoms with Crippen LogP contribution in [0, 0.1) is 0 Å². The molecule has 0 aromatic carbocycles. The molecule has 70 valence electrons. The molecule has 0 rings (SSSR count). The largest absolute Gasteiger partial charge is 0.465 e. The van der Waals surface area contributed by atoms with Gasteiger partial charge in [-0.1, -0.05) is 0 Å². The van der Waals surface area contributed by atoms with E-state index in [-0.39, 0.29) is 18.3 Å². The van der Waals surface area contributed by atoms with Crippen molar-refractivity contribution < 1.29 is 14.3 Å². The van der Waals surface area contributed by atoms with Gasteiger partial charge in [0.2, 0.25) is 0 Å². The van der Waals surface area contributed by atoms with Crippen molar-refractivity contribution in [1.29, 1.82) is 0 Å². The Hall–Kier alpha value is -0.900. The number of carbonyl (C=O) groups excluding carboxylic acids is 2. The van der Waals surface area contributed by atoms with E-state index in [0.717, 1.165) is 0 Å². The number of nitrogens with zero attached hydrogens (tertiary/aromatic N) is 1. The van der Waals surface area contributed by atoms with Gasteiger partial charge in [0.15, 0.2) is 0 Å². The van der Waals surface area contributed by atoms with E-state index >= 15 is 0 Å². The number of hydrogen-bond donors (Lipinski definition) is 0. The second-order valence-electron chi connectivity index (χ2n) is 2.68. The maximum Gasteiger partial charge on any atom is 0.320 e. The Balaban J connectivity index is 3.61. The number of likely N-dealkylation sites (N-methyl/N-ethyl adjacent to an activating group) is 1. The van der Waals surface area contributed by atoms with E-state index in [1.807, 2.05) is 0 Å². The predicted octanol–water partition coefficient (Wildman–Crippen LogP) is 0.0703. The van der Waals surface area contributed by atoms with Gasteiger partial charge in [-0.15, -0.1) is 0 Å². The standard InChI is InChI=1S/C8H15NO3/c1-4-12-8(11)6-9(3)5-7(2)10/h4-6H2,1-3H3. The Morgan fingerprint density at radius 1 is 1.33 bits per heavy atom. The lowest BCUT2D eigenvalue weighted by Gasteiger charge is -2.12. The molecule has 0 aromatic rings. The number of Topliss-reactive ketones (excluding diaryl/α,β-unsaturated/α-hetero) is 1. The van der Waals surface area contributed by atoms with Crippen molar-refractivity contribution in [1.82, 2.24) is 4.90 Å². The molecule has 0 aliphatic heterocycles. The number of carbonyl (C=O) groups is 2. The smallest absolute Gasteiger partial charge is 0.320 e. The Bertz CT molecular complexity index is 168. The zero-order valence-corrected chi connectivity index (χ0v) is 7.79. The summed E-state index contributed by atoms with van der Waals surface area (Å²) in [4.78, 5) is 23.1. The molecular weight excluding hydrogens is 158 g/mol. The van der Waals surface area contributed by atoms with Gasteiger partial charge in [-0.25, -0.2) is 0 Å². The summed E-state index contributed by atoms with van der Waals surface area (Å²) in [5.41, 5.74) is 0. The second-order valence-corrected chi connectivity index (χ2v) is 2.68. The van der Waals surface area contributed by atoms with Gasteiger partial charge in [-0.05, 0) is 20.9 Å². The molecule has 0 saturated carbocycles. The summed E-state index contributed by atoms with van der Waals surface area (Å²) in [5.74, 6) is -0.247. The van der Waals surface area contributed by atoms with Crippen molar-refractivity contribution in [3.8, 4) is 0 Å². The van der Waals surface area contributed by atoms with Gasteiger partial charge in [0.25, 0.3) is 0 Å². The predicted molar refractivity (Wildman–Crippen MR) is 44.8 cm³/mol. The van der Waals surface area contributed by atoms with Gasteiger partial charge in [0, 0.05) is 0 Å². The van der Waals surface area contributed by atoms with Crippen LogP contribution in [0.3, 0.4) is 0 Å². The van der Waals surface area contributed by atoms with Crippen molar-refractivity contribution in [2.45, 2.75) is 13.8 Å². The molecule has 0 fully saturated rings. The van der Waals surface area contributed by atoms with Crippen LogP contribution >= 0.6 is 0 Å². The first-order valence-electron chi connectivity index (χ1n) is 3.89. The van der Waals surface area contributed by atoms with E-state index in [4.69, 9.17) is 4.74 Å². The highest BCUT2D eigenvalue weighted by Crippen LogP contribution is 1.86. The Labute approximate surface area is 72.5 Å². The number of esters is 1. The molecule has 0 aliphatic carbocycles. The highest BCUT2D eigenvalue weighted by atomic mass is 16.5. The number of rotatable bonds is 5. The van der Waals surface area contributed by atoms with Crippen molar-refractivity contribution in [3.63, 3.8) is 0 Å². The molecule has 0 radical (unpaired) electrons. The summed E-state index contributed by atoms with van der Waals surface area (Å²) in [6, 6.07) is 0. The third kappa shape index (κ3) is 5.85. The summed E-state index contributed by atoms with van der Waals surface area (Å²) in [6.07, 6.45) is 0. The van der Waals surface area contributed by atoms with Gasteiger partial charge >= 0.3 is 5.97 Å². The van der Waals surface area contributed by atoms with E-state index in [2.05, 4.69) is 0 Å². The number of ether oxygens (including phenoxy) is 1. The molecule has 0 saturated heterocycles. The van der Waals surface area contributed by atoms with Crippen LogP contribution in [0.25, 0.3) is 0 Å². The maximum atomic E-state index is 10.9. The van der Waals surface area contributed by atoms with Crippen LogP contribution in [0.5, 0.6) is 0 Å². The maximum absolute atomic E-state index is 10.9. The average Bonchev–Trinajstić information content (AvgIpc) is 1.84. The lowest BCUT2D eigenvalue weighted by molar-refractivity contribution is -0.144. The van der Waals surface area contributed by atoms with Gasteiger partial charge in [0.05, 0.1) is 19.7 Å². The van der Waals surface area contributed by atoms with Crippen LogP contribution in [0.2, 0.25) is 0 Å². The summed E-state index contributed by atoms with van der Waals surface area (Å²) in [7, 11) is 1.71. The van der Waals surface area contributed by atoms with E-state index in [0.29, 0.717) is 13.2 Å². The van der Waals surface area contributed by atoms with Crippen molar-refractivity contribution in [3.05, 3.63) is 0 Å². The molecule has 0 aliphatic rings. The van der Waals surface area contributed by atoms with Crippen LogP contribution < -0.4 is 0 Å². The third-order valence-electron chi connectivity index (χ3n) is 1.20. The van der Waals surface area contributed by atoms with Gasteiger partial charge in [-0.3, -0.25) is 14.5 Å². The lowest BCUT2D eigenvalue weighted by Crippen LogP contribution is -2.31. The molecule has 0 heterocycles. The normalized spacial score (nSPS) is 10.0. The second kappa shape index (κ2) is 5.71. The molecule has 0 spiro atoms. The fraction of sp³-hybridized carbons (Fsp3) is 0.750. The minimum atomic E-state index is -0.291. The molecule has 4 nitrogen and oxygen atoms in total. The molecule has 0 N–H and O–H groups in total. The number of ketones is 1. The van der Waals surface area contributed by atoms with E-state index in [1.54, 1.807) is 18.9 Å². The molecular formula is C8H15NO3. The molecule has 0 amide bonds. The van der Waals surface area contributed by atoms with Crippen LogP contribution in [0.4, 0.5) is 0 Å². The van der Waals surface area contributed by atoms with Crippen molar-refractivity contribution in [2.75, 3.05) is 26.7 Å². The Kier molecular flexibility index (Phi) is 5.28. The quantitative estimate of drug-likeness (QED) is 0.552. The number of hydrogen-bond acceptors (Lipinski definition) is 4. The fourth-order valence-electron chi connectivity index (χ4n) is 0.863. The average molecular weight is 173 g/mol. The molecule has 0 bridgehead atoms. The first kappa shape index (κ1) is 11.1. The summed E-state index contributed by atoms with van der Waals surface area (Å²) < 4.78 is 4.70. The lowest BCUT2D eigenvalue weighted by atomic mass is 10.4. The van der Waals surface area contributed by atoms with Gasteiger partial charge in [0.1, 0.15) is 5.78 Å². The first-order chi connectivity index (χ1) is 5.56. The summed E-state index contributed by atoms with van der Waals surface area (Å²) in [5, 5.41) is 0. The van der Waals surface area contributed by atoms with Crippen molar-refractivity contribution >= 4 is 11.8 Å². The van der Waals surface area contributed by atoms with E-state index in [1.165, 1.54) is 6.92 Å². The molecule has 4 heteroatoms. The molecule has 12 heavy (non-hydrogen) atoms. The highest BCUT2D eigenvalue weighted by molar-refractivity contribution is 5.78. The van der Waals surface area contributed by atoms with Crippen LogP contribution in [-0.4, -0.2) is 43.4 Å². The van der Waals surface area contributed by atoms with Crippen LogP contribution in [-0.2, 0) is 14.3 Å². The first-order valence-corrected chi connectivity index (χ1v) is 3.89. The molecule has 0 unspecified atom stereocenters. The zero-order valence-electron chi connectivity index (χ0n) is 7.79. The monoisotopic (exact) mass is 173 g/mol. The Morgan fingerprint density at radius 3 is 2.33 bits per heavy atom.